The van der Waals surface area contributed by atoms with Crippen molar-refractivity contribution in [3.05, 3.63) is 29.3 Å². The zero-order valence-corrected chi connectivity index (χ0v) is 11.3. The van der Waals surface area contributed by atoms with Crippen molar-refractivity contribution in [3.8, 4) is 0 Å². The highest BCUT2D eigenvalue weighted by molar-refractivity contribution is 5.49. The van der Waals surface area contributed by atoms with Crippen LogP contribution in [0.3, 0.4) is 0 Å². The molecule has 3 rings (SSSR count). The molecule has 1 aliphatic heterocycles. The normalized spacial score (nSPS) is 26.5. The highest BCUT2D eigenvalue weighted by atomic mass is 16.1. The number of aldehydes is 1. The molecule has 2 N–H and O–H groups in total. The molecule has 102 valence electrons. The summed E-state index contributed by atoms with van der Waals surface area (Å²) in [5, 5.41) is 0. The molecule has 3 heteroatoms. The lowest BCUT2D eigenvalue weighted by atomic mass is 9.75. The van der Waals surface area contributed by atoms with Crippen molar-refractivity contribution in [1.82, 2.24) is 4.90 Å². The van der Waals surface area contributed by atoms with Crippen molar-refractivity contribution in [2.75, 3.05) is 18.8 Å². The number of likely N-dealkylation sites (tertiary alicyclic amines) is 1. The summed E-state index contributed by atoms with van der Waals surface area (Å²) >= 11 is 0. The SMILES string of the molecule is Nc1ccc2c(c1)C[C@@H]1CCCN(CCC=O)[C@H]1C2. The van der Waals surface area contributed by atoms with Crippen LogP contribution < -0.4 is 5.73 Å². The van der Waals surface area contributed by atoms with E-state index in [9.17, 15) is 4.79 Å². The van der Waals surface area contributed by atoms with E-state index >= 15 is 0 Å². The number of nitrogen functional groups attached to an aromatic ring is 1. The molecule has 1 saturated heterocycles. The van der Waals surface area contributed by atoms with E-state index in [-0.39, 0.29) is 0 Å². The molecule has 1 heterocycles. The largest absolute Gasteiger partial charge is 0.399 e. The Morgan fingerprint density at radius 1 is 1.32 bits per heavy atom. The quantitative estimate of drug-likeness (QED) is 0.666. The van der Waals surface area contributed by atoms with Gasteiger partial charge in [-0.3, -0.25) is 4.90 Å². The van der Waals surface area contributed by atoms with Gasteiger partial charge in [-0.15, -0.1) is 0 Å². The van der Waals surface area contributed by atoms with E-state index in [4.69, 9.17) is 5.73 Å². The van der Waals surface area contributed by atoms with Gasteiger partial charge in [0.25, 0.3) is 0 Å². The number of piperidine rings is 1. The van der Waals surface area contributed by atoms with Crippen molar-refractivity contribution in [3.63, 3.8) is 0 Å². The molecule has 0 radical (unpaired) electrons. The van der Waals surface area contributed by atoms with E-state index in [2.05, 4.69) is 17.0 Å². The van der Waals surface area contributed by atoms with Gasteiger partial charge in [-0.05, 0) is 61.4 Å². The number of nitrogens with two attached hydrogens (primary N) is 1. The van der Waals surface area contributed by atoms with Gasteiger partial charge < -0.3 is 10.5 Å². The van der Waals surface area contributed by atoms with Gasteiger partial charge >= 0.3 is 0 Å². The molecule has 1 fully saturated rings. The standard InChI is InChI=1S/C16H22N2O/c17-15-5-4-12-11-16-13(9-14(12)10-15)3-1-6-18(16)7-2-8-19/h4-5,8,10,13,16H,1-3,6-7,9,11,17H2/t13-,16-/m0/s1. The second-order valence-electron chi connectivity index (χ2n) is 5.90. The zero-order chi connectivity index (χ0) is 13.2. The van der Waals surface area contributed by atoms with Crippen LogP contribution in [0.15, 0.2) is 18.2 Å². The highest BCUT2D eigenvalue weighted by Gasteiger charge is 2.34. The Hall–Kier alpha value is -1.35. The van der Waals surface area contributed by atoms with E-state index in [1.807, 2.05) is 6.07 Å². The number of fused-ring (bicyclic) bond motifs is 2. The monoisotopic (exact) mass is 258 g/mol. The lowest BCUT2D eigenvalue weighted by Gasteiger charge is -2.44. The highest BCUT2D eigenvalue weighted by Crippen LogP contribution is 2.35. The van der Waals surface area contributed by atoms with Gasteiger partial charge in [-0.1, -0.05) is 6.07 Å². The van der Waals surface area contributed by atoms with Crippen LogP contribution in [0.5, 0.6) is 0 Å². The Balaban J connectivity index is 1.81. The third kappa shape index (κ3) is 2.52. The zero-order valence-electron chi connectivity index (χ0n) is 11.3. The van der Waals surface area contributed by atoms with Crippen LogP contribution in [-0.4, -0.2) is 30.3 Å². The third-order valence-electron chi connectivity index (χ3n) is 4.71. The van der Waals surface area contributed by atoms with Crippen LogP contribution in [0.25, 0.3) is 0 Å². The molecule has 2 aliphatic rings. The average Bonchev–Trinajstić information content (AvgIpc) is 2.42. The fraction of sp³-hybridized carbons (Fsp3) is 0.562. The van der Waals surface area contributed by atoms with Gasteiger partial charge in [0.2, 0.25) is 0 Å². The Kier molecular flexibility index (Phi) is 3.56. The van der Waals surface area contributed by atoms with Gasteiger partial charge in [0.15, 0.2) is 0 Å². The summed E-state index contributed by atoms with van der Waals surface area (Å²) in [6, 6.07) is 6.98. The van der Waals surface area contributed by atoms with Crippen LogP contribution in [0.4, 0.5) is 5.69 Å². The number of nitrogens with zero attached hydrogens (tertiary/aromatic N) is 1. The maximum atomic E-state index is 10.6. The number of rotatable bonds is 3. The molecule has 0 bridgehead atoms. The maximum absolute atomic E-state index is 10.6. The number of hydrogen-bond acceptors (Lipinski definition) is 3. The second kappa shape index (κ2) is 5.33. The van der Waals surface area contributed by atoms with Crippen molar-refractivity contribution in [1.29, 1.82) is 0 Å². The molecule has 1 aromatic rings. The summed E-state index contributed by atoms with van der Waals surface area (Å²) in [5.41, 5.74) is 9.67. The van der Waals surface area contributed by atoms with E-state index in [0.717, 1.165) is 43.8 Å². The summed E-state index contributed by atoms with van der Waals surface area (Å²) in [5.74, 6) is 0.745. The molecule has 3 nitrogen and oxygen atoms in total. The third-order valence-corrected chi connectivity index (χ3v) is 4.71. The Labute approximate surface area is 114 Å². The molecule has 0 spiro atoms. The molecule has 0 amide bonds. The Morgan fingerprint density at radius 3 is 3.05 bits per heavy atom. The van der Waals surface area contributed by atoms with Crippen molar-refractivity contribution in [2.45, 2.75) is 38.1 Å². The fourth-order valence-electron chi connectivity index (χ4n) is 3.79. The van der Waals surface area contributed by atoms with Crippen molar-refractivity contribution < 1.29 is 4.79 Å². The van der Waals surface area contributed by atoms with Crippen LogP contribution >= 0.6 is 0 Å². The van der Waals surface area contributed by atoms with Crippen LogP contribution in [0.1, 0.15) is 30.4 Å². The minimum Gasteiger partial charge on any atom is -0.399 e. The first kappa shape index (κ1) is 12.7. The van der Waals surface area contributed by atoms with Crippen LogP contribution in [0.2, 0.25) is 0 Å². The van der Waals surface area contributed by atoms with Crippen LogP contribution in [0, 0.1) is 5.92 Å². The Bertz CT molecular complexity index is 472. The second-order valence-corrected chi connectivity index (χ2v) is 5.90. The molecule has 0 unspecified atom stereocenters. The van der Waals surface area contributed by atoms with Gasteiger partial charge in [0, 0.05) is 24.7 Å². The molecule has 1 aromatic carbocycles. The molecule has 19 heavy (non-hydrogen) atoms. The van der Waals surface area contributed by atoms with E-state index in [1.165, 1.54) is 24.0 Å². The lowest BCUT2D eigenvalue weighted by Crippen LogP contribution is -2.49. The van der Waals surface area contributed by atoms with E-state index in [1.54, 1.807) is 0 Å². The molecule has 1 aliphatic carbocycles. The summed E-state index contributed by atoms with van der Waals surface area (Å²) in [6.45, 7) is 2.08. The topological polar surface area (TPSA) is 46.3 Å². The molecule has 2 atom stereocenters. The summed E-state index contributed by atoms with van der Waals surface area (Å²) in [4.78, 5) is 13.1. The number of benzene rings is 1. The fourth-order valence-corrected chi connectivity index (χ4v) is 3.79. The molecular weight excluding hydrogens is 236 g/mol. The predicted molar refractivity (Wildman–Crippen MR) is 77.0 cm³/mol. The minimum absolute atomic E-state index is 0.629. The Morgan fingerprint density at radius 2 is 2.21 bits per heavy atom. The number of carbonyl (C=O) groups is 1. The van der Waals surface area contributed by atoms with Crippen LogP contribution in [-0.2, 0) is 17.6 Å². The first-order chi connectivity index (χ1) is 9.28. The minimum atomic E-state index is 0.629. The van der Waals surface area contributed by atoms with Gasteiger partial charge in [-0.2, -0.15) is 0 Å². The van der Waals surface area contributed by atoms with E-state index in [0.29, 0.717) is 12.5 Å². The average molecular weight is 258 g/mol. The van der Waals surface area contributed by atoms with Gasteiger partial charge in [0.05, 0.1) is 0 Å². The number of hydrogen-bond donors (Lipinski definition) is 1. The van der Waals surface area contributed by atoms with Crippen molar-refractivity contribution in [2.24, 2.45) is 5.92 Å². The predicted octanol–water partition coefficient (Wildman–Crippen LogP) is 2.04. The van der Waals surface area contributed by atoms with Crippen molar-refractivity contribution >= 4 is 12.0 Å². The maximum Gasteiger partial charge on any atom is 0.121 e. The number of anilines is 1. The van der Waals surface area contributed by atoms with Gasteiger partial charge in [-0.25, -0.2) is 0 Å². The first-order valence-corrected chi connectivity index (χ1v) is 7.33. The van der Waals surface area contributed by atoms with E-state index < -0.39 is 0 Å². The molecular formula is C16H22N2O. The first-order valence-electron chi connectivity index (χ1n) is 7.33. The number of carbonyl (C=O) groups excluding carboxylic acids is 1. The summed E-state index contributed by atoms with van der Waals surface area (Å²) in [6.07, 6.45) is 6.56. The summed E-state index contributed by atoms with van der Waals surface area (Å²) < 4.78 is 0. The summed E-state index contributed by atoms with van der Waals surface area (Å²) in [7, 11) is 0. The lowest BCUT2D eigenvalue weighted by molar-refractivity contribution is -0.108. The molecule has 0 aromatic heterocycles. The molecule has 0 saturated carbocycles. The van der Waals surface area contributed by atoms with Gasteiger partial charge in [0.1, 0.15) is 6.29 Å². The smallest absolute Gasteiger partial charge is 0.121 e.